The molecule has 0 fully saturated rings. The Morgan fingerprint density at radius 1 is 1.43 bits per heavy atom. The summed E-state index contributed by atoms with van der Waals surface area (Å²) in [5.41, 5.74) is 9.02. The third-order valence-corrected chi connectivity index (χ3v) is 4.00. The second-order valence-electron chi connectivity index (χ2n) is 4.72. The van der Waals surface area contributed by atoms with Crippen LogP contribution >= 0.6 is 11.3 Å². The lowest BCUT2D eigenvalue weighted by Crippen LogP contribution is -2.22. The van der Waals surface area contributed by atoms with Crippen LogP contribution in [0.15, 0.2) is 23.6 Å². The zero-order valence-corrected chi connectivity index (χ0v) is 13.1. The predicted molar refractivity (Wildman–Crippen MR) is 87.9 cm³/mol. The maximum atomic E-state index is 11.8. The number of amides is 1. The van der Waals surface area contributed by atoms with Gasteiger partial charge in [0.05, 0.1) is 16.4 Å². The largest absolute Gasteiger partial charge is 0.397 e. The van der Waals surface area contributed by atoms with Crippen LogP contribution in [0.3, 0.4) is 0 Å². The molecule has 1 amide bonds. The first-order valence-electron chi connectivity index (χ1n) is 6.92. The molecule has 6 heteroatoms. The molecule has 0 aliphatic heterocycles. The number of rotatable bonds is 6. The lowest BCUT2D eigenvalue weighted by Gasteiger charge is -2.10. The minimum atomic E-state index is -0.0869. The zero-order chi connectivity index (χ0) is 15.2. The molecular weight excluding hydrogens is 284 g/mol. The Labute approximate surface area is 128 Å². The zero-order valence-electron chi connectivity index (χ0n) is 12.3. The second-order valence-corrected chi connectivity index (χ2v) is 5.66. The maximum absolute atomic E-state index is 11.8. The standard InChI is InChI=1S/C15H20N4OS/c1-3-17-15(20)11-4-5-12(16)13(8-11)18-7-6-14-19-10(2)9-21-14/h4-5,8-9,18H,3,6-7,16H2,1-2H3,(H,17,20). The highest BCUT2D eigenvalue weighted by atomic mass is 32.1. The molecule has 1 aromatic heterocycles. The molecule has 0 radical (unpaired) electrons. The Kier molecular flexibility index (Phi) is 5.16. The average molecular weight is 304 g/mol. The van der Waals surface area contributed by atoms with Crippen molar-refractivity contribution in [2.24, 2.45) is 0 Å². The minimum absolute atomic E-state index is 0.0869. The molecule has 0 saturated carbocycles. The summed E-state index contributed by atoms with van der Waals surface area (Å²) in [4.78, 5) is 16.2. The topological polar surface area (TPSA) is 80.0 Å². The molecule has 1 heterocycles. The van der Waals surface area contributed by atoms with Crippen LogP contribution in [0, 0.1) is 6.92 Å². The van der Waals surface area contributed by atoms with Gasteiger partial charge in [-0.25, -0.2) is 4.98 Å². The number of hydrogen-bond acceptors (Lipinski definition) is 5. The SMILES string of the molecule is CCNC(=O)c1ccc(N)c(NCCc2nc(C)cs2)c1. The summed E-state index contributed by atoms with van der Waals surface area (Å²) in [6.45, 7) is 5.22. The van der Waals surface area contributed by atoms with Crippen LogP contribution in [0.5, 0.6) is 0 Å². The Hall–Kier alpha value is -2.08. The van der Waals surface area contributed by atoms with Crippen molar-refractivity contribution in [1.82, 2.24) is 10.3 Å². The van der Waals surface area contributed by atoms with E-state index in [1.54, 1.807) is 29.5 Å². The van der Waals surface area contributed by atoms with Crippen LogP contribution in [-0.4, -0.2) is 24.0 Å². The molecule has 0 atom stereocenters. The number of carbonyl (C=O) groups excluding carboxylic acids is 1. The third kappa shape index (κ3) is 4.19. The molecule has 4 N–H and O–H groups in total. The molecular formula is C15H20N4OS. The lowest BCUT2D eigenvalue weighted by molar-refractivity contribution is 0.0956. The van der Waals surface area contributed by atoms with Crippen LogP contribution in [0.25, 0.3) is 0 Å². The van der Waals surface area contributed by atoms with Gasteiger partial charge in [0.25, 0.3) is 5.91 Å². The van der Waals surface area contributed by atoms with Crippen LogP contribution < -0.4 is 16.4 Å². The Balaban J connectivity index is 1.98. The average Bonchev–Trinajstić information content (AvgIpc) is 2.87. The number of anilines is 2. The van der Waals surface area contributed by atoms with Crippen molar-refractivity contribution in [3.05, 3.63) is 39.8 Å². The van der Waals surface area contributed by atoms with Crippen LogP contribution in [0.2, 0.25) is 0 Å². The van der Waals surface area contributed by atoms with Crippen molar-refractivity contribution < 1.29 is 4.79 Å². The molecule has 0 aliphatic carbocycles. The summed E-state index contributed by atoms with van der Waals surface area (Å²) in [6.07, 6.45) is 0.837. The van der Waals surface area contributed by atoms with Gasteiger partial charge in [0.15, 0.2) is 0 Å². The van der Waals surface area contributed by atoms with Gasteiger partial charge in [-0.15, -0.1) is 11.3 Å². The van der Waals surface area contributed by atoms with Crippen LogP contribution in [0.4, 0.5) is 11.4 Å². The van der Waals surface area contributed by atoms with Crippen LogP contribution in [-0.2, 0) is 6.42 Å². The summed E-state index contributed by atoms with van der Waals surface area (Å²) >= 11 is 1.66. The van der Waals surface area contributed by atoms with Crippen molar-refractivity contribution in [2.45, 2.75) is 20.3 Å². The van der Waals surface area contributed by atoms with Crippen molar-refractivity contribution in [1.29, 1.82) is 0 Å². The van der Waals surface area contributed by atoms with Crippen molar-refractivity contribution in [2.75, 3.05) is 24.1 Å². The predicted octanol–water partition coefficient (Wildman–Crippen LogP) is 2.44. The van der Waals surface area contributed by atoms with E-state index in [2.05, 4.69) is 15.6 Å². The highest BCUT2D eigenvalue weighted by Gasteiger charge is 2.07. The number of nitrogen functional groups attached to an aromatic ring is 1. The molecule has 5 nitrogen and oxygen atoms in total. The maximum Gasteiger partial charge on any atom is 0.251 e. The van der Waals surface area contributed by atoms with Gasteiger partial charge in [-0.05, 0) is 32.0 Å². The number of hydrogen-bond donors (Lipinski definition) is 3. The van der Waals surface area contributed by atoms with Crippen LogP contribution in [0.1, 0.15) is 28.0 Å². The summed E-state index contributed by atoms with van der Waals surface area (Å²) < 4.78 is 0. The van der Waals surface area contributed by atoms with Crippen molar-refractivity contribution >= 4 is 28.6 Å². The van der Waals surface area contributed by atoms with E-state index >= 15 is 0 Å². The van der Waals surface area contributed by atoms with Crippen molar-refractivity contribution in [3.8, 4) is 0 Å². The van der Waals surface area contributed by atoms with E-state index < -0.39 is 0 Å². The van der Waals surface area contributed by atoms with E-state index in [4.69, 9.17) is 5.73 Å². The Bertz CT molecular complexity index is 624. The fraction of sp³-hybridized carbons (Fsp3) is 0.333. The van der Waals surface area contributed by atoms with Gasteiger partial charge in [-0.2, -0.15) is 0 Å². The van der Waals surface area contributed by atoms with E-state index in [0.717, 1.165) is 29.4 Å². The van der Waals surface area contributed by atoms with Gasteiger partial charge in [-0.1, -0.05) is 0 Å². The molecule has 0 unspecified atom stereocenters. The van der Waals surface area contributed by atoms with Gasteiger partial charge in [0, 0.05) is 36.1 Å². The Morgan fingerprint density at radius 3 is 2.90 bits per heavy atom. The first-order valence-corrected chi connectivity index (χ1v) is 7.80. The number of nitrogens with two attached hydrogens (primary N) is 1. The van der Waals surface area contributed by atoms with E-state index in [9.17, 15) is 4.79 Å². The van der Waals surface area contributed by atoms with Crippen molar-refractivity contribution in [3.63, 3.8) is 0 Å². The molecule has 0 spiro atoms. The molecule has 21 heavy (non-hydrogen) atoms. The monoisotopic (exact) mass is 304 g/mol. The molecule has 112 valence electrons. The number of carbonyl (C=O) groups is 1. The first-order chi connectivity index (χ1) is 10.1. The normalized spacial score (nSPS) is 10.4. The van der Waals surface area contributed by atoms with Gasteiger partial charge >= 0.3 is 0 Å². The molecule has 2 aromatic rings. The molecule has 0 aliphatic rings. The molecule has 0 saturated heterocycles. The summed E-state index contributed by atoms with van der Waals surface area (Å²) in [5, 5.41) is 9.18. The first kappa shape index (κ1) is 15.3. The highest BCUT2D eigenvalue weighted by Crippen LogP contribution is 2.20. The minimum Gasteiger partial charge on any atom is -0.397 e. The molecule has 0 bridgehead atoms. The number of aryl methyl sites for hydroxylation is 1. The second kappa shape index (κ2) is 7.08. The number of thiazole rings is 1. The number of nitrogens with zero attached hydrogens (tertiary/aromatic N) is 1. The smallest absolute Gasteiger partial charge is 0.251 e. The van der Waals surface area contributed by atoms with E-state index in [-0.39, 0.29) is 5.91 Å². The fourth-order valence-corrected chi connectivity index (χ4v) is 2.71. The fourth-order valence-electron chi connectivity index (χ4n) is 1.93. The summed E-state index contributed by atoms with van der Waals surface area (Å²) in [5.74, 6) is -0.0869. The van der Waals surface area contributed by atoms with Gasteiger partial charge in [0.1, 0.15) is 0 Å². The highest BCUT2D eigenvalue weighted by molar-refractivity contribution is 7.09. The number of aromatic nitrogens is 1. The van der Waals surface area contributed by atoms with E-state index in [1.165, 1.54) is 0 Å². The third-order valence-electron chi connectivity index (χ3n) is 2.97. The summed E-state index contributed by atoms with van der Waals surface area (Å²) in [6, 6.07) is 5.27. The number of nitrogens with one attached hydrogen (secondary N) is 2. The lowest BCUT2D eigenvalue weighted by atomic mass is 10.1. The van der Waals surface area contributed by atoms with Gasteiger partial charge in [-0.3, -0.25) is 4.79 Å². The molecule has 2 rings (SSSR count). The number of benzene rings is 1. The summed E-state index contributed by atoms with van der Waals surface area (Å²) in [7, 11) is 0. The van der Waals surface area contributed by atoms with E-state index in [0.29, 0.717) is 17.8 Å². The Morgan fingerprint density at radius 2 is 2.24 bits per heavy atom. The van der Waals surface area contributed by atoms with E-state index in [1.807, 2.05) is 19.2 Å². The van der Waals surface area contributed by atoms with Gasteiger partial charge in [0.2, 0.25) is 0 Å². The molecule has 1 aromatic carbocycles. The quantitative estimate of drug-likeness (QED) is 0.716. The van der Waals surface area contributed by atoms with Gasteiger partial charge < -0.3 is 16.4 Å².